The second-order valence-corrected chi connectivity index (χ2v) is 7.27. The van der Waals surface area contributed by atoms with Crippen molar-refractivity contribution in [1.29, 1.82) is 0 Å². The molecule has 0 heterocycles. The molecule has 2 rings (SSSR count). The van der Waals surface area contributed by atoms with Crippen LogP contribution in [0.3, 0.4) is 0 Å². The summed E-state index contributed by atoms with van der Waals surface area (Å²) in [4.78, 5) is 0.169. The molecule has 2 aromatic rings. The Hall–Kier alpha value is -1.32. The highest BCUT2D eigenvalue weighted by atomic mass is 35.7. The fourth-order valence-corrected chi connectivity index (χ4v) is 3.42. The zero-order valence-electron chi connectivity index (χ0n) is 11.1. The van der Waals surface area contributed by atoms with Gasteiger partial charge in [0.05, 0.1) is 4.90 Å². The summed E-state index contributed by atoms with van der Waals surface area (Å²) < 4.78 is 22.8. The summed E-state index contributed by atoms with van der Waals surface area (Å²) in [6, 6.07) is 11.4. The Morgan fingerprint density at radius 1 is 0.895 bits per heavy atom. The molecule has 0 radical (unpaired) electrons. The molecule has 19 heavy (non-hydrogen) atoms. The van der Waals surface area contributed by atoms with Crippen LogP contribution in [-0.2, 0) is 9.05 Å². The lowest BCUT2D eigenvalue weighted by atomic mass is 9.98. The highest BCUT2D eigenvalue weighted by Gasteiger charge is 2.14. The van der Waals surface area contributed by atoms with Crippen LogP contribution in [0.15, 0.2) is 41.3 Å². The maximum atomic E-state index is 11.4. The molecule has 0 spiro atoms. The fraction of sp³-hybridized carbons (Fsp3) is 0.200. The summed E-state index contributed by atoms with van der Waals surface area (Å²) in [6.45, 7) is 5.84. The molecule has 0 saturated carbocycles. The maximum absolute atomic E-state index is 11.4. The lowest BCUT2D eigenvalue weighted by Crippen LogP contribution is -1.95. The van der Waals surface area contributed by atoms with Gasteiger partial charge in [-0.05, 0) is 49.1 Å². The molecule has 0 saturated heterocycles. The number of aryl methyl sites for hydroxylation is 3. The number of halogens is 1. The third-order valence-electron chi connectivity index (χ3n) is 3.13. The van der Waals surface area contributed by atoms with Gasteiger partial charge in [0.1, 0.15) is 0 Å². The number of rotatable bonds is 2. The van der Waals surface area contributed by atoms with Crippen molar-refractivity contribution in [3.8, 4) is 11.1 Å². The summed E-state index contributed by atoms with van der Waals surface area (Å²) in [5.74, 6) is 0. The van der Waals surface area contributed by atoms with Gasteiger partial charge in [0.15, 0.2) is 0 Å². The number of hydrogen-bond donors (Lipinski definition) is 0. The Morgan fingerprint density at radius 2 is 1.58 bits per heavy atom. The van der Waals surface area contributed by atoms with Crippen LogP contribution < -0.4 is 0 Å². The quantitative estimate of drug-likeness (QED) is 0.778. The lowest BCUT2D eigenvalue weighted by molar-refractivity contribution is 0.609. The predicted molar refractivity (Wildman–Crippen MR) is 79.1 cm³/mol. The van der Waals surface area contributed by atoms with Crippen molar-refractivity contribution in [2.75, 3.05) is 0 Å². The minimum atomic E-state index is -3.68. The van der Waals surface area contributed by atoms with E-state index in [2.05, 4.69) is 6.07 Å². The van der Waals surface area contributed by atoms with E-state index >= 15 is 0 Å². The average Bonchev–Trinajstić information content (AvgIpc) is 2.26. The second-order valence-electron chi connectivity index (χ2n) is 4.74. The Morgan fingerprint density at radius 3 is 2.11 bits per heavy atom. The van der Waals surface area contributed by atoms with Gasteiger partial charge in [0, 0.05) is 10.7 Å². The molecule has 0 fully saturated rings. The predicted octanol–water partition coefficient (Wildman–Crippen LogP) is 4.21. The number of benzene rings is 2. The maximum Gasteiger partial charge on any atom is 0.261 e. The van der Waals surface area contributed by atoms with E-state index in [9.17, 15) is 8.42 Å². The van der Waals surface area contributed by atoms with E-state index in [0.29, 0.717) is 5.56 Å². The second kappa shape index (κ2) is 4.99. The van der Waals surface area contributed by atoms with Gasteiger partial charge in [-0.3, -0.25) is 0 Å². The van der Waals surface area contributed by atoms with Crippen LogP contribution in [0.25, 0.3) is 11.1 Å². The standard InChI is InChI=1S/C15H15ClO2S/c1-10-4-6-14(11(2)8-10)13-5-7-15(12(3)9-13)19(16,17)18/h4-9H,1-3H3. The highest BCUT2D eigenvalue weighted by molar-refractivity contribution is 8.13. The van der Waals surface area contributed by atoms with Crippen LogP contribution in [0, 0.1) is 20.8 Å². The zero-order valence-corrected chi connectivity index (χ0v) is 12.6. The van der Waals surface area contributed by atoms with Crippen LogP contribution in [0.1, 0.15) is 16.7 Å². The van der Waals surface area contributed by atoms with E-state index < -0.39 is 9.05 Å². The largest absolute Gasteiger partial charge is 0.261 e. The molecule has 0 amide bonds. The summed E-state index contributed by atoms with van der Waals surface area (Å²) in [5, 5.41) is 0. The first-order chi connectivity index (χ1) is 8.79. The first kappa shape index (κ1) is 14.1. The van der Waals surface area contributed by atoms with Crippen molar-refractivity contribution in [2.45, 2.75) is 25.7 Å². The molecular weight excluding hydrogens is 280 g/mol. The van der Waals surface area contributed by atoms with E-state index in [0.717, 1.165) is 11.1 Å². The Kier molecular flexibility index (Phi) is 3.70. The van der Waals surface area contributed by atoms with Gasteiger partial charge in [-0.15, -0.1) is 0 Å². The van der Waals surface area contributed by atoms with E-state index in [1.807, 2.05) is 32.0 Å². The molecule has 0 N–H and O–H groups in total. The molecule has 2 aromatic carbocycles. The molecule has 100 valence electrons. The van der Waals surface area contributed by atoms with E-state index in [4.69, 9.17) is 10.7 Å². The van der Waals surface area contributed by atoms with Crippen LogP contribution in [0.2, 0.25) is 0 Å². The summed E-state index contributed by atoms with van der Waals surface area (Å²) in [5.41, 5.74) is 5.14. The summed E-state index contributed by atoms with van der Waals surface area (Å²) in [6.07, 6.45) is 0. The van der Waals surface area contributed by atoms with Crippen molar-refractivity contribution < 1.29 is 8.42 Å². The van der Waals surface area contributed by atoms with Crippen molar-refractivity contribution in [1.82, 2.24) is 0 Å². The normalized spacial score (nSPS) is 11.6. The minimum Gasteiger partial charge on any atom is -0.207 e. The smallest absolute Gasteiger partial charge is 0.207 e. The van der Waals surface area contributed by atoms with E-state index in [-0.39, 0.29) is 4.90 Å². The first-order valence-corrected chi connectivity index (χ1v) is 8.23. The van der Waals surface area contributed by atoms with Gasteiger partial charge >= 0.3 is 0 Å². The van der Waals surface area contributed by atoms with Crippen molar-refractivity contribution in [2.24, 2.45) is 0 Å². The molecule has 4 heteroatoms. The molecule has 0 unspecified atom stereocenters. The fourth-order valence-electron chi connectivity index (χ4n) is 2.23. The summed E-state index contributed by atoms with van der Waals surface area (Å²) >= 11 is 0. The number of hydrogen-bond acceptors (Lipinski definition) is 2. The Bertz CT molecular complexity index is 734. The SMILES string of the molecule is Cc1ccc(-c2ccc(S(=O)(=O)Cl)c(C)c2)c(C)c1. The van der Waals surface area contributed by atoms with Gasteiger partial charge < -0.3 is 0 Å². The summed E-state index contributed by atoms with van der Waals surface area (Å²) in [7, 11) is 1.71. The van der Waals surface area contributed by atoms with Crippen molar-refractivity contribution in [3.63, 3.8) is 0 Å². The van der Waals surface area contributed by atoms with Crippen LogP contribution in [-0.4, -0.2) is 8.42 Å². The van der Waals surface area contributed by atoms with E-state index in [1.165, 1.54) is 11.1 Å². The molecule has 0 aliphatic heterocycles. The molecule has 0 bridgehead atoms. The van der Waals surface area contributed by atoms with Gasteiger partial charge in [-0.1, -0.05) is 35.9 Å². The molecular formula is C15H15ClO2S. The topological polar surface area (TPSA) is 34.1 Å². The van der Waals surface area contributed by atoms with E-state index in [1.54, 1.807) is 19.1 Å². The molecule has 2 nitrogen and oxygen atoms in total. The zero-order chi connectivity index (χ0) is 14.2. The van der Waals surface area contributed by atoms with Gasteiger partial charge in [0.2, 0.25) is 0 Å². The van der Waals surface area contributed by atoms with Gasteiger partial charge in [0.25, 0.3) is 9.05 Å². The van der Waals surface area contributed by atoms with Gasteiger partial charge in [-0.2, -0.15) is 0 Å². The molecule has 0 aromatic heterocycles. The molecule has 0 aliphatic rings. The average molecular weight is 295 g/mol. The Labute approximate surface area is 118 Å². The first-order valence-electron chi connectivity index (χ1n) is 5.92. The van der Waals surface area contributed by atoms with Crippen LogP contribution in [0.5, 0.6) is 0 Å². The third kappa shape index (κ3) is 2.99. The monoisotopic (exact) mass is 294 g/mol. The third-order valence-corrected chi connectivity index (χ3v) is 4.61. The molecule has 0 atom stereocenters. The van der Waals surface area contributed by atoms with Gasteiger partial charge in [-0.25, -0.2) is 8.42 Å². The van der Waals surface area contributed by atoms with Crippen molar-refractivity contribution in [3.05, 3.63) is 53.1 Å². The highest BCUT2D eigenvalue weighted by Crippen LogP contribution is 2.28. The van der Waals surface area contributed by atoms with Crippen molar-refractivity contribution >= 4 is 19.7 Å². The Balaban J connectivity index is 2.57. The molecule has 0 aliphatic carbocycles. The lowest BCUT2D eigenvalue weighted by Gasteiger charge is -2.10. The van der Waals surface area contributed by atoms with Crippen LogP contribution >= 0.6 is 10.7 Å². The minimum absolute atomic E-state index is 0.169. The van der Waals surface area contributed by atoms with Crippen LogP contribution in [0.4, 0.5) is 0 Å².